The van der Waals surface area contributed by atoms with E-state index in [0.29, 0.717) is 5.69 Å². The highest BCUT2D eigenvalue weighted by Crippen LogP contribution is 2.23. The van der Waals surface area contributed by atoms with Gasteiger partial charge in [0.25, 0.3) is 0 Å². The molecule has 6 heteroatoms. The van der Waals surface area contributed by atoms with Crippen LogP contribution in [0.1, 0.15) is 13.8 Å². The van der Waals surface area contributed by atoms with Gasteiger partial charge >= 0.3 is 5.69 Å². The lowest BCUT2D eigenvalue weighted by atomic mass is 10.2. The highest BCUT2D eigenvalue weighted by Gasteiger charge is 2.01. The van der Waals surface area contributed by atoms with Gasteiger partial charge in [0.2, 0.25) is 0 Å². The maximum absolute atomic E-state index is 11.2. The van der Waals surface area contributed by atoms with Gasteiger partial charge in [0.05, 0.1) is 22.4 Å². The number of azo groups is 1. The van der Waals surface area contributed by atoms with Crippen molar-refractivity contribution in [2.75, 3.05) is 18.0 Å². The molecule has 0 aliphatic carbocycles. The Balaban J connectivity index is 1.79. The lowest BCUT2D eigenvalue weighted by molar-refractivity contribution is 0.866. The fourth-order valence-corrected chi connectivity index (χ4v) is 2.52. The Morgan fingerprint density at radius 1 is 0.870 bits per heavy atom. The summed E-state index contributed by atoms with van der Waals surface area (Å²) in [6.45, 7) is 6.23. The molecule has 3 rings (SSSR count). The number of imidazole rings is 1. The number of fused-ring (bicyclic) bond motifs is 1. The Labute approximate surface area is 133 Å². The van der Waals surface area contributed by atoms with Crippen molar-refractivity contribution in [3.05, 3.63) is 52.9 Å². The van der Waals surface area contributed by atoms with E-state index < -0.39 is 0 Å². The fraction of sp³-hybridized carbons (Fsp3) is 0.235. The molecule has 0 bridgehead atoms. The van der Waals surface area contributed by atoms with Crippen molar-refractivity contribution in [2.45, 2.75) is 13.8 Å². The number of aromatic amines is 2. The number of rotatable bonds is 5. The average molecular weight is 309 g/mol. The maximum Gasteiger partial charge on any atom is 0.323 e. The number of nitrogens with zero attached hydrogens (tertiary/aromatic N) is 3. The number of hydrogen-bond acceptors (Lipinski definition) is 4. The van der Waals surface area contributed by atoms with Crippen LogP contribution >= 0.6 is 0 Å². The smallest absolute Gasteiger partial charge is 0.323 e. The quantitative estimate of drug-likeness (QED) is 0.696. The Bertz CT molecular complexity index is 872. The van der Waals surface area contributed by atoms with Crippen molar-refractivity contribution in [1.29, 1.82) is 0 Å². The second-order valence-electron chi connectivity index (χ2n) is 5.20. The normalized spacial score (nSPS) is 11.4. The molecule has 2 N–H and O–H groups in total. The highest BCUT2D eigenvalue weighted by molar-refractivity contribution is 5.77. The van der Waals surface area contributed by atoms with Gasteiger partial charge in [0.15, 0.2) is 0 Å². The molecule has 6 nitrogen and oxygen atoms in total. The molecule has 2 aromatic carbocycles. The van der Waals surface area contributed by atoms with E-state index in [1.807, 2.05) is 36.4 Å². The van der Waals surface area contributed by atoms with Crippen LogP contribution in [-0.2, 0) is 0 Å². The third kappa shape index (κ3) is 3.31. The zero-order valence-electron chi connectivity index (χ0n) is 13.2. The van der Waals surface area contributed by atoms with Crippen LogP contribution < -0.4 is 10.6 Å². The first kappa shape index (κ1) is 15.0. The average Bonchev–Trinajstić information content (AvgIpc) is 2.94. The summed E-state index contributed by atoms with van der Waals surface area (Å²) < 4.78 is 0. The molecule has 0 aliphatic heterocycles. The van der Waals surface area contributed by atoms with Gasteiger partial charge in [0.1, 0.15) is 0 Å². The van der Waals surface area contributed by atoms with Crippen molar-refractivity contribution in [3.63, 3.8) is 0 Å². The second-order valence-corrected chi connectivity index (χ2v) is 5.20. The lowest BCUT2D eigenvalue weighted by Crippen LogP contribution is -2.21. The summed E-state index contributed by atoms with van der Waals surface area (Å²) in [4.78, 5) is 18.9. The Morgan fingerprint density at radius 2 is 1.48 bits per heavy atom. The summed E-state index contributed by atoms with van der Waals surface area (Å²) in [5.41, 5.74) is 3.94. The SMILES string of the molecule is CCN(CC)c1ccc(N=Nc2ccc3[nH]c(=O)[nH]c3c2)cc1. The summed E-state index contributed by atoms with van der Waals surface area (Å²) in [5.74, 6) is 0. The molecule has 0 aliphatic rings. The van der Waals surface area contributed by atoms with Crippen LogP contribution in [0.5, 0.6) is 0 Å². The van der Waals surface area contributed by atoms with Crippen molar-refractivity contribution in [1.82, 2.24) is 9.97 Å². The van der Waals surface area contributed by atoms with Gasteiger partial charge in [-0.2, -0.15) is 10.2 Å². The number of anilines is 1. The first-order valence-electron chi connectivity index (χ1n) is 7.68. The van der Waals surface area contributed by atoms with Crippen molar-refractivity contribution in [3.8, 4) is 0 Å². The van der Waals surface area contributed by atoms with E-state index >= 15 is 0 Å². The minimum absolute atomic E-state index is 0.221. The van der Waals surface area contributed by atoms with Gasteiger partial charge in [-0.25, -0.2) is 4.79 Å². The van der Waals surface area contributed by atoms with Crippen LogP contribution in [0.3, 0.4) is 0 Å². The zero-order chi connectivity index (χ0) is 16.2. The van der Waals surface area contributed by atoms with Gasteiger partial charge < -0.3 is 14.9 Å². The molecule has 118 valence electrons. The molecule has 0 fully saturated rings. The monoisotopic (exact) mass is 309 g/mol. The standard InChI is InChI=1S/C17H19N5O/c1-3-22(4-2)14-8-5-12(6-9-14)20-21-13-7-10-15-16(11-13)19-17(23)18-15/h5-11H,3-4H2,1-2H3,(H2,18,19,23). The fourth-order valence-electron chi connectivity index (χ4n) is 2.52. The van der Waals surface area contributed by atoms with Crippen molar-refractivity contribution < 1.29 is 0 Å². The third-order valence-corrected chi connectivity index (χ3v) is 3.76. The highest BCUT2D eigenvalue weighted by atomic mass is 16.1. The summed E-state index contributed by atoms with van der Waals surface area (Å²) >= 11 is 0. The molecule has 1 aromatic heterocycles. The molecule has 0 unspecified atom stereocenters. The maximum atomic E-state index is 11.2. The van der Waals surface area contributed by atoms with Crippen LogP contribution in [-0.4, -0.2) is 23.1 Å². The topological polar surface area (TPSA) is 76.6 Å². The molecular weight excluding hydrogens is 290 g/mol. The number of aromatic nitrogens is 2. The van der Waals surface area contributed by atoms with Crippen LogP contribution in [0.4, 0.5) is 17.1 Å². The zero-order valence-corrected chi connectivity index (χ0v) is 13.2. The number of nitrogens with one attached hydrogen (secondary N) is 2. The van der Waals surface area contributed by atoms with Crippen LogP contribution in [0, 0.1) is 0 Å². The van der Waals surface area contributed by atoms with Crippen LogP contribution in [0.15, 0.2) is 57.5 Å². The third-order valence-electron chi connectivity index (χ3n) is 3.76. The Hall–Kier alpha value is -2.89. The molecule has 23 heavy (non-hydrogen) atoms. The summed E-state index contributed by atoms with van der Waals surface area (Å²) in [6, 6.07) is 13.4. The van der Waals surface area contributed by atoms with Gasteiger partial charge in [0, 0.05) is 18.8 Å². The minimum atomic E-state index is -0.221. The molecule has 3 aromatic rings. The minimum Gasteiger partial charge on any atom is -0.372 e. The predicted octanol–water partition coefficient (Wildman–Crippen LogP) is 4.12. The Morgan fingerprint density at radius 3 is 2.17 bits per heavy atom. The summed E-state index contributed by atoms with van der Waals surface area (Å²) in [7, 11) is 0. The largest absolute Gasteiger partial charge is 0.372 e. The van der Waals surface area contributed by atoms with Crippen molar-refractivity contribution in [2.24, 2.45) is 10.2 Å². The molecular formula is C17H19N5O. The van der Waals surface area contributed by atoms with E-state index in [1.54, 1.807) is 6.07 Å². The van der Waals surface area contributed by atoms with E-state index in [4.69, 9.17) is 0 Å². The number of benzene rings is 2. The summed E-state index contributed by atoms with van der Waals surface area (Å²) in [6.07, 6.45) is 0. The summed E-state index contributed by atoms with van der Waals surface area (Å²) in [5, 5.41) is 8.47. The molecule has 0 atom stereocenters. The molecule has 0 saturated carbocycles. The van der Waals surface area contributed by atoms with E-state index in [2.05, 4.69) is 38.9 Å². The van der Waals surface area contributed by atoms with E-state index in [-0.39, 0.29) is 5.69 Å². The second kappa shape index (κ2) is 6.48. The van der Waals surface area contributed by atoms with Gasteiger partial charge in [-0.3, -0.25) is 0 Å². The van der Waals surface area contributed by atoms with E-state index in [9.17, 15) is 4.79 Å². The lowest BCUT2D eigenvalue weighted by Gasteiger charge is -2.20. The number of H-pyrrole nitrogens is 2. The van der Waals surface area contributed by atoms with Gasteiger partial charge in [-0.1, -0.05) is 0 Å². The van der Waals surface area contributed by atoms with Gasteiger partial charge in [-0.05, 0) is 56.3 Å². The van der Waals surface area contributed by atoms with E-state index in [0.717, 1.165) is 29.8 Å². The molecule has 0 saturated heterocycles. The first-order valence-corrected chi connectivity index (χ1v) is 7.68. The molecule has 1 heterocycles. The molecule has 0 spiro atoms. The molecule has 0 amide bonds. The first-order chi connectivity index (χ1) is 11.2. The van der Waals surface area contributed by atoms with Gasteiger partial charge in [-0.15, -0.1) is 0 Å². The predicted molar refractivity (Wildman–Crippen MR) is 93.1 cm³/mol. The van der Waals surface area contributed by atoms with Crippen molar-refractivity contribution >= 4 is 28.1 Å². The van der Waals surface area contributed by atoms with E-state index in [1.165, 1.54) is 5.69 Å². The van der Waals surface area contributed by atoms with Crippen LogP contribution in [0.25, 0.3) is 11.0 Å². The Kier molecular flexibility index (Phi) is 4.23. The molecule has 0 radical (unpaired) electrons. The number of hydrogen-bond donors (Lipinski definition) is 2. The van der Waals surface area contributed by atoms with Crippen LogP contribution in [0.2, 0.25) is 0 Å².